The summed E-state index contributed by atoms with van der Waals surface area (Å²) in [6, 6.07) is 7.07. The number of aliphatic carboxylic acids is 1. The highest BCUT2D eigenvalue weighted by molar-refractivity contribution is 5.85. The number of carbonyl (C=O) groups is 2. The Balaban J connectivity index is 2.14. The Morgan fingerprint density at radius 2 is 2.11 bits per heavy atom. The summed E-state index contributed by atoms with van der Waals surface area (Å²) < 4.78 is 0. The van der Waals surface area contributed by atoms with E-state index in [0.717, 1.165) is 17.6 Å². The van der Waals surface area contributed by atoms with Crippen molar-refractivity contribution in [3.05, 3.63) is 41.5 Å². The molecule has 0 bridgehead atoms. The fourth-order valence-corrected chi connectivity index (χ4v) is 2.21. The third-order valence-corrected chi connectivity index (χ3v) is 3.03. The third kappa shape index (κ3) is 2.59. The van der Waals surface area contributed by atoms with Crippen LogP contribution in [0.2, 0.25) is 0 Å². The molecule has 1 aliphatic rings. The van der Waals surface area contributed by atoms with Crippen molar-refractivity contribution in [2.75, 3.05) is 0 Å². The molecule has 94 valence electrons. The van der Waals surface area contributed by atoms with Crippen LogP contribution in [0.5, 0.6) is 0 Å². The summed E-state index contributed by atoms with van der Waals surface area (Å²) in [6.07, 6.45) is 3.19. The largest absolute Gasteiger partial charge is 0.480 e. The van der Waals surface area contributed by atoms with Gasteiger partial charge in [-0.2, -0.15) is 0 Å². The number of allylic oxidation sites excluding steroid dienone is 1. The second-order valence-electron chi connectivity index (χ2n) is 4.39. The van der Waals surface area contributed by atoms with Crippen molar-refractivity contribution in [3.63, 3.8) is 0 Å². The SMILES string of the molecule is CC(=O)NC(CC1=CCc2ccccc21)C(=O)O. The second kappa shape index (κ2) is 5.04. The fraction of sp³-hybridized carbons (Fsp3) is 0.286. The molecule has 0 aliphatic heterocycles. The van der Waals surface area contributed by atoms with Crippen LogP contribution in [-0.2, 0) is 16.0 Å². The average Bonchev–Trinajstić information content (AvgIpc) is 2.71. The first kappa shape index (κ1) is 12.4. The van der Waals surface area contributed by atoms with E-state index in [-0.39, 0.29) is 5.91 Å². The van der Waals surface area contributed by atoms with Gasteiger partial charge in [-0.25, -0.2) is 4.79 Å². The van der Waals surface area contributed by atoms with E-state index in [1.54, 1.807) is 0 Å². The monoisotopic (exact) mass is 245 g/mol. The van der Waals surface area contributed by atoms with Crippen molar-refractivity contribution >= 4 is 17.4 Å². The van der Waals surface area contributed by atoms with Crippen LogP contribution in [0.4, 0.5) is 0 Å². The van der Waals surface area contributed by atoms with E-state index in [1.807, 2.05) is 30.3 Å². The number of amides is 1. The molecule has 0 saturated carbocycles. The lowest BCUT2D eigenvalue weighted by molar-refractivity contribution is -0.141. The Labute approximate surface area is 105 Å². The van der Waals surface area contributed by atoms with Crippen molar-refractivity contribution in [2.45, 2.75) is 25.8 Å². The summed E-state index contributed by atoms with van der Waals surface area (Å²) in [6.45, 7) is 1.33. The van der Waals surface area contributed by atoms with Gasteiger partial charge in [-0.15, -0.1) is 0 Å². The molecule has 4 heteroatoms. The molecule has 1 atom stereocenters. The molecule has 0 fully saturated rings. The summed E-state index contributed by atoms with van der Waals surface area (Å²) in [4.78, 5) is 22.1. The van der Waals surface area contributed by atoms with Crippen LogP contribution < -0.4 is 5.32 Å². The summed E-state index contributed by atoms with van der Waals surface area (Å²) in [7, 11) is 0. The van der Waals surface area contributed by atoms with Crippen molar-refractivity contribution in [1.29, 1.82) is 0 Å². The molecular weight excluding hydrogens is 230 g/mol. The average molecular weight is 245 g/mol. The zero-order chi connectivity index (χ0) is 13.1. The normalized spacial score (nSPS) is 14.6. The van der Waals surface area contributed by atoms with Crippen LogP contribution in [0.15, 0.2) is 30.3 Å². The number of carboxylic acids is 1. The number of carboxylic acid groups (broad SMARTS) is 1. The van der Waals surface area contributed by atoms with Gasteiger partial charge in [-0.1, -0.05) is 30.3 Å². The van der Waals surface area contributed by atoms with Crippen molar-refractivity contribution < 1.29 is 14.7 Å². The maximum atomic E-state index is 11.1. The minimum atomic E-state index is -1.00. The van der Waals surface area contributed by atoms with Crippen LogP contribution in [-0.4, -0.2) is 23.0 Å². The molecule has 1 amide bonds. The van der Waals surface area contributed by atoms with Crippen molar-refractivity contribution in [2.24, 2.45) is 0 Å². The van der Waals surface area contributed by atoms with Gasteiger partial charge in [0.05, 0.1) is 0 Å². The molecular formula is C14H15NO3. The van der Waals surface area contributed by atoms with Gasteiger partial charge in [0.25, 0.3) is 0 Å². The first-order valence-electron chi connectivity index (χ1n) is 5.85. The Kier molecular flexibility index (Phi) is 3.46. The molecule has 1 aromatic rings. The van der Waals surface area contributed by atoms with Crippen LogP contribution >= 0.6 is 0 Å². The summed E-state index contributed by atoms with van der Waals surface area (Å²) in [5.74, 6) is -1.33. The van der Waals surface area contributed by atoms with Crippen LogP contribution in [0, 0.1) is 0 Å². The molecule has 18 heavy (non-hydrogen) atoms. The standard InChI is InChI=1S/C14H15NO3/c1-9(16)15-13(14(17)18)8-11-7-6-10-4-2-3-5-12(10)11/h2-5,7,13H,6,8H2,1H3,(H,15,16)(H,17,18). The minimum Gasteiger partial charge on any atom is -0.480 e. The highest BCUT2D eigenvalue weighted by Gasteiger charge is 2.23. The van der Waals surface area contributed by atoms with Gasteiger partial charge < -0.3 is 10.4 Å². The number of fused-ring (bicyclic) bond motifs is 1. The van der Waals surface area contributed by atoms with Gasteiger partial charge in [0.1, 0.15) is 6.04 Å². The summed E-state index contributed by atoms with van der Waals surface area (Å²) in [5.41, 5.74) is 3.29. The zero-order valence-electron chi connectivity index (χ0n) is 10.1. The van der Waals surface area contributed by atoms with Gasteiger partial charge in [0.2, 0.25) is 5.91 Å². The smallest absolute Gasteiger partial charge is 0.326 e. The molecule has 0 aromatic heterocycles. The molecule has 2 N–H and O–H groups in total. The maximum Gasteiger partial charge on any atom is 0.326 e. The van der Waals surface area contributed by atoms with Gasteiger partial charge in [0, 0.05) is 13.3 Å². The molecule has 0 saturated heterocycles. The Hall–Kier alpha value is -2.10. The van der Waals surface area contributed by atoms with Crippen molar-refractivity contribution in [3.8, 4) is 0 Å². The molecule has 2 rings (SSSR count). The molecule has 1 aromatic carbocycles. The highest BCUT2D eigenvalue weighted by atomic mass is 16.4. The number of carbonyl (C=O) groups excluding carboxylic acids is 1. The Bertz CT molecular complexity index is 520. The Morgan fingerprint density at radius 3 is 2.78 bits per heavy atom. The second-order valence-corrected chi connectivity index (χ2v) is 4.39. The minimum absolute atomic E-state index is 0.325. The van der Waals surface area contributed by atoms with E-state index in [4.69, 9.17) is 5.11 Å². The van der Waals surface area contributed by atoms with Gasteiger partial charge in [-0.05, 0) is 23.1 Å². The van der Waals surface area contributed by atoms with Crippen molar-refractivity contribution in [1.82, 2.24) is 5.32 Å². The Morgan fingerprint density at radius 1 is 1.39 bits per heavy atom. The van der Waals surface area contributed by atoms with E-state index >= 15 is 0 Å². The number of rotatable bonds is 4. The van der Waals surface area contributed by atoms with Gasteiger partial charge in [0.15, 0.2) is 0 Å². The summed E-state index contributed by atoms with van der Waals surface area (Å²) >= 11 is 0. The number of benzene rings is 1. The molecule has 0 heterocycles. The molecule has 4 nitrogen and oxygen atoms in total. The molecule has 0 spiro atoms. The molecule has 1 unspecified atom stereocenters. The van der Waals surface area contributed by atoms with E-state index in [1.165, 1.54) is 12.5 Å². The predicted octanol–water partition coefficient (Wildman–Crippen LogP) is 1.61. The number of hydrogen-bond acceptors (Lipinski definition) is 2. The van der Waals surface area contributed by atoms with Crippen LogP contribution in [0.1, 0.15) is 24.5 Å². The van der Waals surface area contributed by atoms with E-state index < -0.39 is 12.0 Å². The van der Waals surface area contributed by atoms with Gasteiger partial charge >= 0.3 is 5.97 Å². The van der Waals surface area contributed by atoms with E-state index in [2.05, 4.69) is 5.32 Å². The van der Waals surface area contributed by atoms with E-state index in [0.29, 0.717) is 6.42 Å². The quantitative estimate of drug-likeness (QED) is 0.846. The lowest BCUT2D eigenvalue weighted by atomic mass is 10.00. The first-order valence-corrected chi connectivity index (χ1v) is 5.85. The first-order chi connectivity index (χ1) is 8.58. The topological polar surface area (TPSA) is 66.4 Å². The van der Waals surface area contributed by atoms with Crippen LogP contribution in [0.25, 0.3) is 5.57 Å². The number of hydrogen-bond donors (Lipinski definition) is 2. The lowest BCUT2D eigenvalue weighted by Gasteiger charge is -2.14. The predicted molar refractivity (Wildman–Crippen MR) is 68.0 cm³/mol. The fourth-order valence-electron chi connectivity index (χ4n) is 2.21. The highest BCUT2D eigenvalue weighted by Crippen LogP contribution is 2.30. The lowest BCUT2D eigenvalue weighted by Crippen LogP contribution is -2.39. The molecule has 0 radical (unpaired) electrons. The summed E-state index contributed by atoms with van der Waals surface area (Å²) in [5, 5.41) is 11.5. The van der Waals surface area contributed by atoms with Gasteiger partial charge in [-0.3, -0.25) is 4.79 Å². The third-order valence-electron chi connectivity index (χ3n) is 3.03. The van der Waals surface area contributed by atoms with Crippen LogP contribution in [0.3, 0.4) is 0 Å². The molecule has 1 aliphatic carbocycles. The number of nitrogens with one attached hydrogen (secondary N) is 1. The van der Waals surface area contributed by atoms with E-state index in [9.17, 15) is 9.59 Å². The maximum absolute atomic E-state index is 11.1. The zero-order valence-corrected chi connectivity index (χ0v) is 10.1.